The van der Waals surface area contributed by atoms with Crippen LogP contribution in [0, 0.1) is 5.92 Å². The number of halogens is 3. The van der Waals surface area contributed by atoms with Gasteiger partial charge in [0.15, 0.2) is 0 Å². The highest BCUT2D eigenvalue weighted by molar-refractivity contribution is 5.35. The summed E-state index contributed by atoms with van der Waals surface area (Å²) in [4.78, 5) is 2.46. The first-order valence-corrected chi connectivity index (χ1v) is 9.38. The van der Waals surface area contributed by atoms with Crippen molar-refractivity contribution < 1.29 is 17.9 Å². The topological polar surface area (TPSA) is 41.1 Å². The number of alkyl halides is 3. The number of hydrogen-bond donors (Lipinski definition) is 1. The normalized spacial score (nSPS) is 18.4. The summed E-state index contributed by atoms with van der Waals surface area (Å²) in [6.45, 7) is 7.80. The van der Waals surface area contributed by atoms with E-state index in [2.05, 4.69) is 28.9 Å². The predicted molar refractivity (Wildman–Crippen MR) is 97.9 cm³/mol. The SMILES string of the molecule is CC(C)CN1CCC(c2cc(CCOc3ccccc3C(F)(F)F)[nH]n2)C1. The fraction of sp³-hybridized carbons (Fsp3) is 0.550. The summed E-state index contributed by atoms with van der Waals surface area (Å²) in [6, 6.07) is 7.31. The maximum absolute atomic E-state index is 13.0. The summed E-state index contributed by atoms with van der Waals surface area (Å²) >= 11 is 0. The number of aromatic amines is 1. The van der Waals surface area contributed by atoms with E-state index in [9.17, 15) is 13.2 Å². The molecule has 0 aliphatic carbocycles. The van der Waals surface area contributed by atoms with Crippen LogP contribution in [0.25, 0.3) is 0 Å². The van der Waals surface area contributed by atoms with Crippen molar-refractivity contribution in [3.8, 4) is 5.75 Å². The van der Waals surface area contributed by atoms with E-state index in [4.69, 9.17) is 4.74 Å². The molecule has 7 heteroatoms. The lowest BCUT2D eigenvalue weighted by molar-refractivity contribution is -0.138. The molecule has 0 bridgehead atoms. The summed E-state index contributed by atoms with van der Waals surface area (Å²) in [7, 11) is 0. The Morgan fingerprint density at radius 2 is 2.07 bits per heavy atom. The summed E-state index contributed by atoms with van der Waals surface area (Å²) in [5.41, 5.74) is 1.18. The molecule has 1 aliphatic rings. The van der Waals surface area contributed by atoms with Gasteiger partial charge in [-0.3, -0.25) is 5.10 Å². The van der Waals surface area contributed by atoms with E-state index in [1.165, 1.54) is 12.1 Å². The van der Waals surface area contributed by atoms with Crippen LogP contribution in [0.5, 0.6) is 5.75 Å². The Hall–Kier alpha value is -2.02. The molecular formula is C20H26F3N3O. The average molecular weight is 381 g/mol. The number of H-pyrrole nitrogens is 1. The highest BCUT2D eigenvalue weighted by Crippen LogP contribution is 2.36. The summed E-state index contributed by atoms with van der Waals surface area (Å²) in [6.07, 6.45) is -2.84. The van der Waals surface area contributed by atoms with Crippen molar-refractivity contribution in [2.45, 2.75) is 38.8 Å². The third kappa shape index (κ3) is 5.25. The first-order chi connectivity index (χ1) is 12.8. The Kier molecular flexibility index (Phi) is 6.09. The van der Waals surface area contributed by atoms with Gasteiger partial charge < -0.3 is 9.64 Å². The number of likely N-dealkylation sites (tertiary alicyclic amines) is 1. The fourth-order valence-electron chi connectivity index (χ4n) is 3.57. The van der Waals surface area contributed by atoms with Crippen molar-refractivity contribution in [2.24, 2.45) is 5.92 Å². The molecule has 0 spiro atoms. The van der Waals surface area contributed by atoms with Gasteiger partial charge >= 0.3 is 6.18 Å². The zero-order chi connectivity index (χ0) is 19.4. The Labute approximate surface area is 157 Å². The number of ether oxygens (including phenoxy) is 1. The molecule has 1 atom stereocenters. The quantitative estimate of drug-likeness (QED) is 0.768. The van der Waals surface area contributed by atoms with Crippen molar-refractivity contribution in [2.75, 3.05) is 26.2 Å². The van der Waals surface area contributed by atoms with Crippen LogP contribution >= 0.6 is 0 Å². The van der Waals surface area contributed by atoms with E-state index in [1.54, 1.807) is 6.07 Å². The highest BCUT2D eigenvalue weighted by Gasteiger charge is 2.34. The van der Waals surface area contributed by atoms with Crippen LogP contribution in [0.2, 0.25) is 0 Å². The molecule has 1 aromatic heterocycles. The standard InChI is InChI=1S/C20H26F3N3O/c1-14(2)12-26-9-7-15(13-26)18-11-16(24-25-18)8-10-27-19-6-4-3-5-17(19)20(21,22)23/h3-6,11,14-15H,7-10,12-13H2,1-2H3,(H,24,25). The second-order valence-corrected chi connectivity index (χ2v) is 7.55. The summed E-state index contributed by atoms with van der Waals surface area (Å²) < 4.78 is 44.3. The molecule has 3 rings (SSSR count). The predicted octanol–water partition coefficient (Wildman–Crippen LogP) is 4.50. The molecule has 1 unspecified atom stereocenters. The van der Waals surface area contributed by atoms with Gasteiger partial charge in [0.1, 0.15) is 5.75 Å². The molecular weight excluding hydrogens is 355 g/mol. The maximum atomic E-state index is 13.0. The van der Waals surface area contributed by atoms with Gasteiger partial charge in [-0.1, -0.05) is 26.0 Å². The van der Waals surface area contributed by atoms with E-state index < -0.39 is 11.7 Å². The van der Waals surface area contributed by atoms with Crippen LogP contribution in [0.4, 0.5) is 13.2 Å². The van der Waals surface area contributed by atoms with Gasteiger partial charge in [-0.25, -0.2) is 0 Å². The van der Waals surface area contributed by atoms with Crippen LogP contribution in [0.3, 0.4) is 0 Å². The highest BCUT2D eigenvalue weighted by atomic mass is 19.4. The molecule has 4 nitrogen and oxygen atoms in total. The van der Waals surface area contributed by atoms with Crippen LogP contribution in [0.15, 0.2) is 30.3 Å². The molecule has 2 heterocycles. The molecule has 27 heavy (non-hydrogen) atoms. The molecule has 1 N–H and O–H groups in total. The van der Waals surface area contributed by atoms with Gasteiger partial charge in [0.25, 0.3) is 0 Å². The second kappa shape index (κ2) is 8.33. The lowest BCUT2D eigenvalue weighted by Gasteiger charge is -2.17. The van der Waals surface area contributed by atoms with Crippen LogP contribution in [0.1, 0.15) is 43.1 Å². The minimum atomic E-state index is -4.41. The van der Waals surface area contributed by atoms with Crippen LogP contribution in [-0.2, 0) is 12.6 Å². The zero-order valence-electron chi connectivity index (χ0n) is 15.7. The molecule has 148 valence electrons. The van der Waals surface area contributed by atoms with Crippen molar-refractivity contribution in [3.05, 3.63) is 47.3 Å². The van der Waals surface area contributed by atoms with Crippen molar-refractivity contribution in [1.29, 1.82) is 0 Å². The maximum Gasteiger partial charge on any atom is 0.419 e. The van der Waals surface area contributed by atoms with Gasteiger partial charge in [0, 0.05) is 31.1 Å². The molecule has 0 saturated carbocycles. The third-order valence-corrected chi connectivity index (χ3v) is 4.79. The average Bonchev–Trinajstić information content (AvgIpc) is 3.23. The van der Waals surface area contributed by atoms with Gasteiger partial charge in [-0.15, -0.1) is 0 Å². The van der Waals surface area contributed by atoms with E-state index in [-0.39, 0.29) is 12.4 Å². The van der Waals surface area contributed by atoms with Crippen molar-refractivity contribution >= 4 is 0 Å². The number of rotatable bonds is 7. The van der Waals surface area contributed by atoms with E-state index >= 15 is 0 Å². The summed E-state index contributed by atoms with van der Waals surface area (Å²) in [5.74, 6) is 0.931. The second-order valence-electron chi connectivity index (χ2n) is 7.55. The number of benzene rings is 1. The summed E-state index contributed by atoms with van der Waals surface area (Å²) in [5, 5.41) is 7.41. The Bertz CT molecular complexity index is 742. The minimum absolute atomic E-state index is 0.134. The van der Waals surface area contributed by atoms with Crippen molar-refractivity contribution in [1.82, 2.24) is 15.1 Å². The number of aromatic nitrogens is 2. The van der Waals surface area contributed by atoms with Gasteiger partial charge in [0.05, 0.1) is 17.9 Å². The molecule has 0 amide bonds. The molecule has 1 aliphatic heterocycles. The first-order valence-electron chi connectivity index (χ1n) is 9.38. The Morgan fingerprint density at radius 1 is 1.30 bits per heavy atom. The molecule has 1 saturated heterocycles. The Balaban J connectivity index is 1.53. The smallest absolute Gasteiger partial charge is 0.419 e. The molecule has 2 aromatic rings. The largest absolute Gasteiger partial charge is 0.493 e. The van der Waals surface area contributed by atoms with Gasteiger partial charge in [-0.05, 0) is 37.1 Å². The van der Waals surface area contributed by atoms with Crippen LogP contribution in [-0.4, -0.2) is 41.3 Å². The van der Waals surface area contributed by atoms with Gasteiger partial charge in [-0.2, -0.15) is 18.3 Å². The fourth-order valence-corrected chi connectivity index (χ4v) is 3.57. The monoisotopic (exact) mass is 381 g/mol. The number of hydrogen-bond acceptors (Lipinski definition) is 3. The zero-order valence-corrected chi connectivity index (χ0v) is 15.7. The number of para-hydroxylation sites is 1. The lowest BCUT2D eigenvalue weighted by atomic mass is 10.0. The first kappa shape index (κ1) is 19.7. The Morgan fingerprint density at radius 3 is 2.81 bits per heavy atom. The number of nitrogens with zero attached hydrogens (tertiary/aromatic N) is 2. The molecule has 1 fully saturated rings. The van der Waals surface area contributed by atoms with E-state index in [1.807, 2.05) is 6.07 Å². The minimum Gasteiger partial charge on any atom is -0.493 e. The van der Waals surface area contributed by atoms with Gasteiger partial charge in [0.2, 0.25) is 0 Å². The molecule has 1 aromatic carbocycles. The third-order valence-electron chi connectivity index (χ3n) is 4.79. The van der Waals surface area contributed by atoms with Crippen LogP contribution < -0.4 is 4.74 Å². The number of nitrogens with one attached hydrogen (secondary N) is 1. The lowest BCUT2D eigenvalue weighted by Crippen LogP contribution is -2.24. The van der Waals surface area contributed by atoms with E-state index in [0.717, 1.165) is 43.5 Å². The van der Waals surface area contributed by atoms with Crippen molar-refractivity contribution in [3.63, 3.8) is 0 Å². The molecule has 0 radical (unpaired) electrons. The van der Waals surface area contributed by atoms with E-state index in [0.29, 0.717) is 18.3 Å².